The Hall–Kier alpha value is -1.81. The molecule has 0 saturated heterocycles. The molecule has 1 aliphatic rings. The first-order valence-electron chi connectivity index (χ1n) is 9.07. The van der Waals surface area contributed by atoms with Crippen molar-refractivity contribution in [2.75, 3.05) is 13.2 Å². The SMILES string of the molecule is CCCOC(=O)CC1(CC)OCCc2c1[nH]c1c(CC)cccc21. The van der Waals surface area contributed by atoms with E-state index in [9.17, 15) is 4.79 Å². The average molecular weight is 329 g/mol. The number of hydrogen-bond donors (Lipinski definition) is 1. The van der Waals surface area contributed by atoms with Crippen molar-refractivity contribution >= 4 is 16.9 Å². The number of ether oxygens (including phenoxy) is 2. The maximum atomic E-state index is 12.3. The highest BCUT2D eigenvalue weighted by molar-refractivity contribution is 5.88. The van der Waals surface area contributed by atoms with Crippen molar-refractivity contribution in [2.45, 2.75) is 58.5 Å². The maximum absolute atomic E-state index is 12.3. The molecule has 0 saturated carbocycles. The zero-order chi connectivity index (χ0) is 17.2. The zero-order valence-electron chi connectivity index (χ0n) is 14.9. The number of rotatable bonds is 6. The molecule has 3 rings (SSSR count). The first-order valence-corrected chi connectivity index (χ1v) is 9.07. The van der Waals surface area contributed by atoms with Gasteiger partial charge in [-0.15, -0.1) is 0 Å². The highest BCUT2D eigenvalue weighted by atomic mass is 16.5. The Morgan fingerprint density at radius 1 is 1.33 bits per heavy atom. The molecule has 0 fully saturated rings. The fourth-order valence-corrected chi connectivity index (χ4v) is 3.74. The number of aromatic nitrogens is 1. The van der Waals surface area contributed by atoms with E-state index in [4.69, 9.17) is 9.47 Å². The summed E-state index contributed by atoms with van der Waals surface area (Å²) in [5.41, 5.74) is 4.27. The van der Waals surface area contributed by atoms with Gasteiger partial charge in [-0.2, -0.15) is 0 Å². The average Bonchev–Trinajstić information content (AvgIpc) is 3.00. The second-order valence-corrected chi connectivity index (χ2v) is 6.52. The number of nitrogens with one attached hydrogen (secondary N) is 1. The van der Waals surface area contributed by atoms with Crippen molar-refractivity contribution in [1.82, 2.24) is 4.98 Å². The van der Waals surface area contributed by atoms with Crippen LogP contribution in [0.5, 0.6) is 0 Å². The van der Waals surface area contributed by atoms with Crippen LogP contribution in [0.3, 0.4) is 0 Å². The molecule has 1 aliphatic heterocycles. The van der Waals surface area contributed by atoms with E-state index in [0.29, 0.717) is 13.2 Å². The Balaban J connectivity index is 2.04. The minimum Gasteiger partial charge on any atom is -0.466 e. The number of esters is 1. The molecule has 4 heteroatoms. The number of hydrogen-bond acceptors (Lipinski definition) is 3. The predicted octanol–water partition coefficient (Wildman–Crippen LogP) is 4.25. The number of carbonyl (C=O) groups excluding carboxylic acids is 1. The van der Waals surface area contributed by atoms with E-state index < -0.39 is 5.60 Å². The van der Waals surface area contributed by atoms with E-state index in [0.717, 1.165) is 31.4 Å². The molecule has 2 aromatic rings. The largest absolute Gasteiger partial charge is 0.466 e. The second-order valence-electron chi connectivity index (χ2n) is 6.52. The van der Waals surface area contributed by atoms with Crippen LogP contribution in [0.25, 0.3) is 10.9 Å². The van der Waals surface area contributed by atoms with Crippen LogP contribution in [0, 0.1) is 0 Å². The van der Waals surface area contributed by atoms with Crippen molar-refractivity contribution in [3.05, 3.63) is 35.0 Å². The van der Waals surface area contributed by atoms with Crippen molar-refractivity contribution in [2.24, 2.45) is 0 Å². The standard InChI is InChI=1S/C20H27NO3/c1-4-11-23-17(22)13-20(6-3)19-16(10-12-24-20)15-9-7-8-14(5-2)18(15)21-19/h7-9,21H,4-6,10-13H2,1-3H3. The fourth-order valence-electron chi connectivity index (χ4n) is 3.74. The number of carbonyl (C=O) groups is 1. The van der Waals surface area contributed by atoms with Crippen LogP contribution in [-0.4, -0.2) is 24.2 Å². The lowest BCUT2D eigenvalue weighted by atomic mass is 9.86. The van der Waals surface area contributed by atoms with E-state index in [1.54, 1.807) is 0 Å². The third-order valence-corrected chi connectivity index (χ3v) is 5.06. The molecular formula is C20H27NO3. The van der Waals surface area contributed by atoms with Gasteiger partial charge in [-0.05, 0) is 36.8 Å². The van der Waals surface area contributed by atoms with Gasteiger partial charge in [0.15, 0.2) is 0 Å². The topological polar surface area (TPSA) is 51.3 Å². The predicted molar refractivity (Wildman–Crippen MR) is 95.2 cm³/mol. The lowest BCUT2D eigenvalue weighted by molar-refractivity contribution is -0.155. The lowest BCUT2D eigenvalue weighted by Gasteiger charge is -2.36. The molecule has 1 aromatic carbocycles. The number of benzene rings is 1. The Bertz CT molecular complexity index is 734. The van der Waals surface area contributed by atoms with Gasteiger partial charge < -0.3 is 14.5 Å². The second kappa shape index (κ2) is 6.98. The van der Waals surface area contributed by atoms with Gasteiger partial charge in [-0.1, -0.05) is 39.0 Å². The van der Waals surface area contributed by atoms with E-state index >= 15 is 0 Å². The van der Waals surface area contributed by atoms with Gasteiger partial charge in [0.1, 0.15) is 5.60 Å². The Morgan fingerprint density at radius 2 is 2.17 bits per heavy atom. The Kier molecular flexibility index (Phi) is 4.95. The molecule has 0 spiro atoms. The van der Waals surface area contributed by atoms with Crippen LogP contribution in [0.15, 0.2) is 18.2 Å². The van der Waals surface area contributed by atoms with Gasteiger partial charge in [-0.25, -0.2) is 0 Å². The molecular weight excluding hydrogens is 302 g/mol. The van der Waals surface area contributed by atoms with Crippen LogP contribution in [0.1, 0.15) is 56.9 Å². The molecule has 2 heterocycles. The molecule has 4 nitrogen and oxygen atoms in total. The monoisotopic (exact) mass is 329 g/mol. The molecule has 0 radical (unpaired) electrons. The molecule has 24 heavy (non-hydrogen) atoms. The van der Waals surface area contributed by atoms with Crippen LogP contribution < -0.4 is 0 Å². The van der Waals surface area contributed by atoms with Gasteiger partial charge in [0.25, 0.3) is 0 Å². The minimum absolute atomic E-state index is 0.180. The highest BCUT2D eigenvalue weighted by Gasteiger charge is 2.41. The summed E-state index contributed by atoms with van der Waals surface area (Å²) in [7, 11) is 0. The van der Waals surface area contributed by atoms with Crippen molar-refractivity contribution in [1.29, 1.82) is 0 Å². The summed E-state index contributed by atoms with van der Waals surface area (Å²) in [4.78, 5) is 15.9. The third kappa shape index (κ3) is 2.84. The number of H-pyrrole nitrogens is 1. The van der Waals surface area contributed by atoms with Crippen LogP contribution >= 0.6 is 0 Å². The van der Waals surface area contributed by atoms with E-state index in [-0.39, 0.29) is 12.4 Å². The van der Waals surface area contributed by atoms with Crippen molar-refractivity contribution in [3.63, 3.8) is 0 Å². The minimum atomic E-state index is -0.595. The zero-order valence-corrected chi connectivity index (χ0v) is 14.9. The van der Waals surface area contributed by atoms with E-state index in [1.165, 1.54) is 22.0 Å². The molecule has 130 valence electrons. The summed E-state index contributed by atoms with van der Waals surface area (Å²) < 4.78 is 11.5. The molecule has 1 unspecified atom stereocenters. The van der Waals surface area contributed by atoms with E-state index in [2.05, 4.69) is 37.0 Å². The fraction of sp³-hybridized carbons (Fsp3) is 0.550. The number of aryl methyl sites for hydroxylation is 1. The molecule has 1 atom stereocenters. The Labute approximate surface area is 143 Å². The molecule has 1 aromatic heterocycles. The molecule has 0 bridgehead atoms. The van der Waals surface area contributed by atoms with Gasteiger partial charge in [-0.3, -0.25) is 4.79 Å². The van der Waals surface area contributed by atoms with Crippen molar-refractivity contribution < 1.29 is 14.3 Å². The quantitative estimate of drug-likeness (QED) is 0.806. The molecule has 0 amide bonds. The summed E-state index contributed by atoms with van der Waals surface area (Å²) in [6.45, 7) is 7.36. The van der Waals surface area contributed by atoms with Crippen LogP contribution in [0.2, 0.25) is 0 Å². The highest BCUT2D eigenvalue weighted by Crippen LogP contribution is 2.42. The Morgan fingerprint density at radius 3 is 2.88 bits per heavy atom. The van der Waals surface area contributed by atoms with Gasteiger partial charge in [0, 0.05) is 10.9 Å². The van der Waals surface area contributed by atoms with Gasteiger partial charge in [0.2, 0.25) is 0 Å². The third-order valence-electron chi connectivity index (χ3n) is 5.06. The number of para-hydroxylation sites is 1. The van der Waals surface area contributed by atoms with Crippen LogP contribution in [0.4, 0.5) is 0 Å². The lowest BCUT2D eigenvalue weighted by Crippen LogP contribution is -2.37. The smallest absolute Gasteiger partial charge is 0.309 e. The first kappa shape index (κ1) is 17.0. The van der Waals surface area contributed by atoms with Crippen LogP contribution in [-0.2, 0) is 32.7 Å². The number of aromatic amines is 1. The molecule has 1 N–H and O–H groups in total. The van der Waals surface area contributed by atoms with Gasteiger partial charge in [0.05, 0.1) is 25.3 Å². The summed E-state index contributed by atoms with van der Waals surface area (Å²) in [5, 5.41) is 1.27. The number of fused-ring (bicyclic) bond motifs is 3. The normalized spacial score (nSPS) is 20.1. The summed E-state index contributed by atoms with van der Waals surface area (Å²) >= 11 is 0. The maximum Gasteiger partial charge on any atom is 0.309 e. The molecule has 0 aliphatic carbocycles. The van der Waals surface area contributed by atoms with Gasteiger partial charge >= 0.3 is 5.97 Å². The van der Waals surface area contributed by atoms with Crippen molar-refractivity contribution in [3.8, 4) is 0 Å². The van der Waals surface area contributed by atoms with E-state index in [1.807, 2.05) is 6.92 Å². The summed E-state index contributed by atoms with van der Waals surface area (Å²) in [6.07, 6.45) is 3.72. The summed E-state index contributed by atoms with van der Waals surface area (Å²) in [6, 6.07) is 6.45. The first-order chi connectivity index (χ1) is 11.6. The summed E-state index contributed by atoms with van der Waals surface area (Å²) in [5.74, 6) is -0.180.